The molecule has 10 nitrogen and oxygen atoms in total. The van der Waals surface area contributed by atoms with Gasteiger partial charge in [0, 0.05) is 40.2 Å². The van der Waals surface area contributed by atoms with Gasteiger partial charge in [-0.15, -0.1) is 5.10 Å². The van der Waals surface area contributed by atoms with Crippen molar-refractivity contribution in [3.63, 3.8) is 0 Å². The highest BCUT2D eigenvalue weighted by molar-refractivity contribution is 6.34. The van der Waals surface area contributed by atoms with Crippen LogP contribution in [0, 0.1) is 5.92 Å². The van der Waals surface area contributed by atoms with Crippen LogP contribution in [0.2, 0.25) is 15.2 Å². The number of benzene rings is 2. The highest BCUT2D eigenvalue weighted by atomic mass is 35.5. The summed E-state index contributed by atoms with van der Waals surface area (Å²) in [6.07, 6.45) is 5.22. The Labute approximate surface area is 247 Å². The second-order valence-corrected chi connectivity index (χ2v) is 11.7. The molecule has 3 aromatic heterocycles. The Bertz CT molecular complexity index is 1980. The van der Waals surface area contributed by atoms with Gasteiger partial charge in [-0.2, -0.15) is 0 Å². The third-order valence-electron chi connectivity index (χ3n) is 8.07. The number of hydrogen-bond donors (Lipinski definition) is 2. The fourth-order valence-corrected chi connectivity index (χ4v) is 6.76. The number of fused-ring (bicyclic) bond motifs is 4. The molecule has 3 atom stereocenters. The molecule has 0 bridgehead atoms. The van der Waals surface area contributed by atoms with Crippen molar-refractivity contribution in [1.82, 2.24) is 34.5 Å². The van der Waals surface area contributed by atoms with Gasteiger partial charge in [-0.3, -0.25) is 14.2 Å². The van der Waals surface area contributed by atoms with Gasteiger partial charge < -0.3 is 10.3 Å². The van der Waals surface area contributed by atoms with Gasteiger partial charge in [0.2, 0.25) is 5.91 Å². The normalized spacial score (nSPS) is 20.4. The molecule has 0 saturated heterocycles. The van der Waals surface area contributed by atoms with Crippen LogP contribution in [0.5, 0.6) is 0 Å². The number of aromatic nitrogens is 7. The second-order valence-electron chi connectivity index (χ2n) is 10.5. The largest absolute Gasteiger partial charge is 0.340 e. The van der Waals surface area contributed by atoms with E-state index >= 15 is 0 Å². The van der Waals surface area contributed by atoms with Crippen molar-refractivity contribution in [2.45, 2.75) is 31.2 Å². The van der Waals surface area contributed by atoms with E-state index in [0.717, 1.165) is 34.8 Å². The molecule has 2 N–H and O–H groups in total. The minimum Gasteiger partial charge on any atom is -0.340 e. The maximum atomic E-state index is 13.6. The lowest BCUT2D eigenvalue weighted by Crippen LogP contribution is -2.27. The van der Waals surface area contributed by atoms with Crippen LogP contribution >= 0.6 is 34.8 Å². The van der Waals surface area contributed by atoms with E-state index in [4.69, 9.17) is 39.8 Å². The Morgan fingerprint density at radius 3 is 2.71 bits per heavy atom. The van der Waals surface area contributed by atoms with Gasteiger partial charge >= 0.3 is 0 Å². The molecule has 2 aliphatic heterocycles. The molecule has 8 rings (SSSR count). The van der Waals surface area contributed by atoms with Crippen LogP contribution < -0.4 is 10.9 Å². The molecule has 1 saturated carbocycles. The van der Waals surface area contributed by atoms with Crippen molar-refractivity contribution in [3.8, 4) is 28.2 Å². The number of nitrogens with zero attached hydrogens (tertiary/aromatic N) is 6. The first-order valence-corrected chi connectivity index (χ1v) is 14.2. The van der Waals surface area contributed by atoms with E-state index in [0.29, 0.717) is 45.7 Å². The lowest BCUT2D eigenvalue weighted by atomic mass is 9.99. The van der Waals surface area contributed by atoms with Crippen molar-refractivity contribution in [2.75, 3.05) is 5.32 Å². The van der Waals surface area contributed by atoms with Gasteiger partial charge in [-0.05, 0) is 54.7 Å². The van der Waals surface area contributed by atoms with Crippen molar-refractivity contribution in [3.05, 3.63) is 91.6 Å². The molecule has 5 aromatic rings. The zero-order chi connectivity index (χ0) is 28.0. The molecule has 5 heterocycles. The predicted octanol–water partition coefficient (Wildman–Crippen LogP) is 5.43. The average molecular weight is 606 g/mol. The van der Waals surface area contributed by atoms with E-state index in [1.54, 1.807) is 35.2 Å². The predicted molar refractivity (Wildman–Crippen MR) is 154 cm³/mol. The van der Waals surface area contributed by atoms with Crippen LogP contribution in [0.3, 0.4) is 0 Å². The molecule has 3 unspecified atom stereocenters. The molecule has 41 heavy (non-hydrogen) atoms. The van der Waals surface area contributed by atoms with Gasteiger partial charge in [0.05, 0.1) is 40.5 Å². The molecule has 1 fully saturated rings. The third kappa shape index (κ3) is 3.93. The molecule has 3 aliphatic rings. The molecule has 1 amide bonds. The lowest BCUT2D eigenvalue weighted by Gasteiger charge is -2.19. The minimum atomic E-state index is -0.263. The zero-order valence-electron chi connectivity index (χ0n) is 21.1. The SMILES string of the molecule is O=C1CCc2c(ccc(-c3cnc(C4C5CC5c5nc(-c6cc(Cl)ccc6-n6cc(Cl)nn6)cc(=O)n54)[nH]3)c2Cl)N1. The van der Waals surface area contributed by atoms with E-state index in [1.807, 2.05) is 12.1 Å². The first-order valence-electron chi connectivity index (χ1n) is 13.0. The van der Waals surface area contributed by atoms with Crippen molar-refractivity contribution >= 4 is 46.4 Å². The summed E-state index contributed by atoms with van der Waals surface area (Å²) in [5.41, 5.74) is 4.84. The number of aromatic amines is 1. The zero-order valence-corrected chi connectivity index (χ0v) is 23.4. The van der Waals surface area contributed by atoms with Crippen molar-refractivity contribution in [2.24, 2.45) is 5.92 Å². The number of rotatable bonds is 4. The van der Waals surface area contributed by atoms with E-state index in [9.17, 15) is 9.59 Å². The number of halogens is 3. The summed E-state index contributed by atoms with van der Waals surface area (Å²) in [5, 5.41) is 12.2. The lowest BCUT2D eigenvalue weighted by molar-refractivity contribution is -0.116. The molecular weight excluding hydrogens is 587 g/mol. The number of imidazole rings is 1. The van der Waals surface area contributed by atoms with Crippen LogP contribution in [-0.4, -0.2) is 40.4 Å². The Hall–Kier alpha value is -3.99. The molecule has 2 aromatic carbocycles. The minimum absolute atomic E-state index is 0.0133. The van der Waals surface area contributed by atoms with Crippen LogP contribution in [0.15, 0.2) is 53.6 Å². The first-order chi connectivity index (χ1) is 19.9. The summed E-state index contributed by atoms with van der Waals surface area (Å²) in [5.74, 6) is 1.77. The highest BCUT2D eigenvalue weighted by Gasteiger charge is 2.55. The maximum Gasteiger partial charge on any atom is 0.254 e. The molecule has 204 valence electrons. The maximum absolute atomic E-state index is 13.6. The number of H-pyrrole nitrogens is 1. The number of nitrogens with one attached hydrogen (secondary N) is 2. The van der Waals surface area contributed by atoms with Crippen LogP contribution in [0.25, 0.3) is 28.2 Å². The Balaban J connectivity index is 1.18. The standard InChI is InChI=1S/C28H19Cl3N8O2/c29-12-1-5-21(38-11-22(30)36-37-38)17(7-12)19-9-24(41)39-26(15-8-16(15)28(39)35-19)27-32-10-20(34-27)14-2-4-18-13(25(14)31)3-6-23(40)33-18/h1-2,4-5,7,9-11,15-16,26H,3,6,8H2,(H,32,34)(H,33,40). The fourth-order valence-electron chi connectivity index (χ4n) is 6.11. The van der Waals surface area contributed by atoms with Gasteiger partial charge in [-0.25, -0.2) is 14.6 Å². The van der Waals surface area contributed by atoms with Gasteiger partial charge in [0.15, 0.2) is 5.15 Å². The van der Waals surface area contributed by atoms with Crippen molar-refractivity contribution in [1.29, 1.82) is 0 Å². The Kier molecular flexibility index (Phi) is 5.44. The van der Waals surface area contributed by atoms with Crippen LogP contribution in [0.4, 0.5) is 5.69 Å². The van der Waals surface area contributed by atoms with Crippen LogP contribution in [-0.2, 0) is 11.2 Å². The van der Waals surface area contributed by atoms with Crippen molar-refractivity contribution < 1.29 is 4.79 Å². The van der Waals surface area contributed by atoms with E-state index in [2.05, 4.69) is 25.6 Å². The quantitative estimate of drug-likeness (QED) is 0.282. The smallest absolute Gasteiger partial charge is 0.254 e. The number of amides is 1. The van der Waals surface area contributed by atoms with Crippen LogP contribution in [0.1, 0.15) is 42.0 Å². The molecule has 13 heteroatoms. The third-order valence-corrected chi connectivity index (χ3v) is 8.91. The highest BCUT2D eigenvalue weighted by Crippen LogP contribution is 2.60. The number of anilines is 1. The first kappa shape index (κ1) is 24.8. The van der Waals surface area contributed by atoms with Gasteiger partial charge in [-0.1, -0.05) is 40.0 Å². The molecule has 0 radical (unpaired) electrons. The Morgan fingerprint density at radius 2 is 1.88 bits per heavy atom. The summed E-state index contributed by atoms with van der Waals surface area (Å²) in [6.45, 7) is 0. The summed E-state index contributed by atoms with van der Waals surface area (Å²) in [7, 11) is 0. The Morgan fingerprint density at radius 1 is 1.00 bits per heavy atom. The second kappa shape index (κ2) is 9.01. The van der Waals surface area contributed by atoms with Gasteiger partial charge in [0.25, 0.3) is 5.56 Å². The molecule has 0 spiro atoms. The van der Waals surface area contributed by atoms with Gasteiger partial charge in [0.1, 0.15) is 11.6 Å². The molecule has 1 aliphatic carbocycles. The average Bonchev–Trinajstić information content (AvgIpc) is 3.24. The van der Waals surface area contributed by atoms with E-state index in [1.165, 1.54) is 10.7 Å². The fraction of sp³-hybridized carbons (Fsp3) is 0.214. The summed E-state index contributed by atoms with van der Waals surface area (Å²) >= 11 is 19.1. The monoisotopic (exact) mass is 604 g/mol. The topological polar surface area (TPSA) is 123 Å². The van der Waals surface area contributed by atoms with E-state index < -0.39 is 0 Å². The number of carbonyl (C=O) groups excluding carboxylic acids is 1. The molecular formula is C28H19Cl3N8O2. The van der Waals surface area contributed by atoms with E-state index in [-0.39, 0.29) is 34.5 Å². The summed E-state index contributed by atoms with van der Waals surface area (Å²) in [6, 6.07) is 10.3. The summed E-state index contributed by atoms with van der Waals surface area (Å²) < 4.78 is 3.28. The summed E-state index contributed by atoms with van der Waals surface area (Å²) in [4.78, 5) is 38.5. The number of carbonyl (C=O) groups is 1. The number of hydrogen-bond acceptors (Lipinski definition) is 6.